The molecule has 0 aliphatic heterocycles. The van der Waals surface area contributed by atoms with Crippen LogP contribution in [0.2, 0.25) is 0 Å². The molecule has 2 nitrogen and oxygen atoms in total. The predicted octanol–water partition coefficient (Wildman–Crippen LogP) is 12.8. The van der Waals surface area contributed by atoms with Gasteiger partial charge in [0.05, 0.1) is 11.4 Å². The number of hydrogen-bond donors (Lipinski definition) is 0. The molecule has 0 unspecified atom stereocenters. The van der Waals surface area contributed by atoms with E-state index in [1.165, 1.54) is 89.8 Å². The number of rotatable bonds is 7. The Morgan fingerprint density at radius 2 is 0.543 bits per heavy atom. The van der Waals surface area contributed by atoms with Gasteiger partial charge < -0.3 is 9.80 Å². The van der Waals surface area contributed by atoms with Gasteiger partial charge in [-0.05, 0) is 184 Å². The number of aryl methyl sites for hydroxylation is 8. The monoisotopic (exact) mass is 600 g/mol. The van der Waals surface area contributed by atoms with Crippen molar-refractivity contribution in [1.29, 1.82) is 0 Å². The average Bonchev–Trinajstić information content (AvgIpc) is 3.00. The van der Waals surface area contributed by atoms with Gasteiger partial charge in [0.1, 0.15) is 0 Å². The Bertz CT molecular complexity index is 1760. The van der Waals surface area contributed by atoms with Crippen molar-refractivity contribution in [1.82, 2.24) is 0 Å². The van der Waals surface area contributed by atoms with Crippen LogP contribution in [-0.2, 0) is 0 Å². The van der Waals surface area contributed by atoms with Crippen LogP contribution < -0.4 is 9.80 Å². The van der Waals surface area contributed by atoms with Gasteiger partial charge in [-0.15, -0.1) is 0 Å². The Labute approximate surface area is 275 Å². The van der Waals surface area contributed by atoms with E-state index in [0.29, 0.717) is 0 Å². The summed E-state index contributed by atoms with van der Waals surface area (Å²) < 4.78 is 0. The van der Waals surface area contributed by atoms with Crippen LogP contribution in [0.3, 0.4) is 0 Å². The second kappa shape index (κ2) is 12.7. The van der Waals surface area contributed by atoms with Gasteiger partial charge in [-0.3, -0.25) is 0 Å². The number of hydrogen-bond acceptors (Lipinski definition) is 2. The molecule has 46 heavy (non-hydrogen) atoms. The van der Waals surface area contributed by atoms with E-state index in [-0.39, 0.29) is 0 Å². The third kappa shape index (κ3) is 6.21. The minimum absolute atomic E-state index is 1.17. The highest BCUT2D eigenvalue weighted by molar-refractivity contribution is 5.86. The number of benzene rings is 6. The summed E-state index contributed by atoms with van der Waals surface area (Å²) in [7, 11) is 0. The zero-order chi connectivity index (χ0) is 32.5. The summed E-state index contributed by atoms with van der Waals surface area (Å²) in [6.07, 6.45) is 0. The molecule has 0 radical (unpaired) electrons. The summed E-state index contributed by atoms with van der Waals surface area (Å²) in [5.74, 6) is 0. The summed E-state index contributed by atoms with van der Waals surface area (Å²) in [4.78, 5) is 4.82. The van der Waals surface area contributed by atoms with Gasteiger partial charge in [0.25, 0.3) is 0 Å². The summed E-state index contributed by atoms with van der Waals surface area (Å²) in [6, 6.07) is 44.6. The molecule has 0 heterocycles. The van der Waals surface area contributed by atoms with Crippen LogP contribution in [0.4, 0.5) is 34.1 Å². The van der Waals surface area contributed by atoms with Gasteiger partial charge in [-0.1, -0.05) is 48.5 Å². The first-order valence-electron chi connectivity index (χ1n) is 16.2. The number of nitrogens with zero attached hydrogens (tertiary/aromatic N) is 2. The minimum Gasteiger partial charge on any atom is -0.310 e. The van der Waals surface area contributed by atoms with Crippen molar-refractivity contribution in [2.45, 2.75) is 55.4 Å². The fraction of sp³-hybridized carbons (Fsp3) is 0.182. The molecule has 6 aromatic carbocycles. The third-order valence-electron chi connectivity index (χ3n) is 8.80. The predicted molar refractivity (Wildman–Crippen MR) is 199 cm³/mol. The summed E-state index contributed by atoms with van der Waals surface area (Å²) in [5, 5.41) is 0. The first kappa shape index (κ1) is 30.9. The van der Waals surface area contributed by atoms with Crippen LogP contribution in [0.1, 0.15) is 44.5 Å². The average molecular weight is 601 g/mol. The second-order valence-electron chi connectivity index (χ2n) is 12.9. The molecule has 0 bridgehead atoms. The van der Waals surface area contributed by atoms with E-state index in [1.54, 1.807) is 0 Å². The van der Waals surface area contributed by atoms with Crippen molar-refractivity contribution >= 4 is 34.1 Å². The van der Waals surface area contributed by atoms with E-state index in [9.17, 15) is 0 Å². The molecule has 0 N–H and O–H groups in total. The van der Waals surface area contributed by atoms with Crippen molar-refractivity contribution in [2.24, 2.45) is 0 Å². The van der Waals surface area contributed by atoms with Crippen molar-refractivity contribution in [2.75, 3.05) is 9.80 Å². The van der Waals surface area contributed by atoms with Crippen molar-refractivity contribution in [3.05, 3.63) is 166 Å². The summed E-state index contributed by atoms with van der Waals surface area (Å²) >= 11 is 0. The maximum absolute atomic E-state index is 2.41. The Morgan fingerprint density at radius 3 is 0.761 bits per heavy atom. The van der Waals surface area contributed by atoms with Crippen molar-refractivity contribution in [3.8, 4) is 11.1 Å². The molecule has 0 aliphatic carbocycles. The molecule has 2 heteroatoms. The van der Waals surface area contributed by atoms with Gasteiger partial charge in [-0.2, -0.15) is 0 Å². The number of anilines is 6. The van der Waals surface area contributed by atoms with Gasteiger partial charge in [0, 0.05) is 22.7 Å². The smallest absolute Gasteiger partial charge is 0.0520 e. The highest BCUT2D eigenvalue weighted by atomic mass is 15.2. The normalized spacial score (nSPS) is 11.0. The molecular formula is C44H44N2. The van der Waals surface area contributed by atoms with Gasteiger partial charge >= 0.3 is 0 Å². The standard InChI is InChI=1S/C44H44N2/c1-29-13-9-17-39(21-29)45(40-18-10-14-30(2)22-40)43-33(5)25-37(26-34(43)6)38-27-35(7)44(36(8)28-38)46(41-19-11-15-31(3)23-41)42-20-12-16-32(4)24-42/h9-28H,1-8H3. The molecule has 0 aliphatic rings. The molecule has 0 spiro atoms. The molecule has 6 rings (SSSR count). The summed E-state index contributed by atoms with van der Waals surface area (Å²) in [6.45, 7) is 17.6. The molecule has 6 aromatic rings. The molecule has 0 aromatic heterocycles. The van der Waals surface area contributed by atoms with Crippen LogP contribution in [0, 0.1) is 55.4 Å². The Kier molecular flexibility index (Phi) is 8.56. The van der Waals surface area contributed by atoms with Gasteiger partial charge in [0.15, 0.2) is 0 Å². The third-order valence-corrected chi connectivity index (χ3v) is 8.80. The zero-order valence-electron chi connectivity index (χ0n) is 28.4. The largest absolute Gasteiger partial charge is 0.310 e. The molecule has 0 saturated carbocycles. The topological polar surface area (TPSA) is 6.48 Å². The van der Waals surface area contributed by atoms with E-state index in [4.69, 9.17) is 0 Å². The van der Waals surface area contributed by atoms with Crippen LogP contribution in [0.15, 0.2) is 121 Å². The zero-order valence-corrected chi connectivity index (χ0v) is 28.4. The SMILES string of the molecule is Cc1cccc(N(c2cccc(C)c2)c2c(C)cc(-c3cc(C)c(N(c4cccc(C)c4)c4cccc(C)c4)c(C)c3)cc2C)c1. The lowest BCUT2D eigenvalue weighted by atomic mass is 9.93. The second-order valence-corrected chi connectivity index (χ2v) is 12.9. The highest BCUT2D eigenvalue weighted by Gasteiger charge is 2.21. The van der Waals surface area contributed by atoms with Gasteiger partial charge in [-0.25, -0.2) is 0 Å². The van der Waals surface area contributed by atoms with Crippen LogP contribution in [-0.4, -0.2) is 0 Å². The van der Waals surface area contributed by atoms with Crippen molar-refractivity contribution < 1.29 is 0 Å². The van der Waals surface area contributed by atoms with Crippen LogP contribution in [0.5, 0.6) is 0 Å². The molecule has 0 saturated heterocycles. The fourth-order valence-electron chi connectivity index (χ4n) is 6.83. The van der Waals surface area contributed by atoms with Crippen molar-refractivity contribution in [3.63, 3.8) is 0 Å². The van der Waals surface area contributed by atoms with E-state index in [1.807, 2.05) is 0 Å². The van der Waals surface area contributed by atoms with E-state index in [0.717, 1.165) is 0 Å². The maximum atomic E-state index is 2.41. The highest BCUT2D eigenvalue weighted by Crippen LogP contribution is 2.44. The Balaban J connectivity index is 1.46. The first-order valence-corrected chi connectivity index (χ1v) is 16.2. The Hall–Kier alpha value is -5.08. The van der Waals surface area contributed by atoms with Gasteiger partial charge in [0.2, 0.25) is 0 Å². The molecule has 0 amide bonds. The molecule has 0 atom stereocenters. The van der Waals surface area contributed by atoms with Crippen LogP contribution in [0.25, 0.3) is 11.1 Å². The Morgan fingerprint density at radius 1 is 0.304 bits per heavy atom. The minimum atomic E-state index is 1.17. The summed E-state index contributed by atoms with van der Waals surface area (Å²) in [5.41, 5.74) is 19.6. The quantitative estimate of drug-likeness (QED) is 0.180. The lowest BCUT2D eigenvalue weighted by Crippen LogP contribution is -2.14. The lowest BCUT2D eigenvalue weighted by Gasteiger charge is -2.30. The first-order chi connectivity index (χ1) is 22.1. The molecule has 230 valence electrons. The maximum Gasteiger partial charge on any atom is 0.0520 e. The lowest BCUT2D eigenvalue weighted by molar-refractivity contribution is 1.20. The molecule has 0 fully saturated rings. The van der Waals surface area contributed by atoms with E-state index >= 15 is 0 Å². The van der Waals surface area contributed by atoms with E-state index in [2.05, 4.69) is 187 Å². The van der Waals surface area contributed by atoms with Crippen LogP contribution >= 0.6 is 0 Å². The molecular weight excluding hydrogens is 556 g/mol. The van der Waals surface area contributed by atoms with E-state index < -0.39 is 0 Å². The fourth-order valence-corrected chi connectivity index (χ4v) is 6.83.